The van der Waals surface area contributed by atoms with Crippen LogP contribution >= 0.6 is 0 Å². The van der Waals surface area contributed by atoms with Crippen molar-refractivity contribution in [2.45, 2.75) is 13.8 Å². The van der Waals surface area contributed by atoms with Gasteiger partial charge in [-0.3, -0.25) is 0 Å². The molecule has 4 heteroatoms. The molecule has 51 heavy (non-hydrogen) atoms. The van der Waals surface area contributed by atoms with E-state index in [0.717, 1.165) is 38.8 Å². The Hall–Kier alpha value is -6.65. The first kappa shape index (κ1) is 30.4. The minimum absolute atomic E-state index is 0.642. The molecular formula is C47H34N4. The van der Waals surface area contributed by atoms with Crippen LogP contribution < -0.4 is 0 Å². The smallest absolute Gasteiger partial charge is 0.164 e. The van der Waals surface area contributed by atoms with Crippen molar-refractivity contribution in [2.75, 3.05) is 0 Å². The number of rotatable bonds is 6. The van der Waals surface area contributed by atoms with Crippen molar-refractivity contribution in [2.24, 2.45) is 0 Å². The molecule has 0 aliphatic rings. The minimum atomic E-state index is 0.642. The maximum absolute atomic E-state index is 5.04. The lowest BCUT2D eigenvalue weighted by Crippen LogP contribution is -2.00. The van der Waals surface area contributed by atoms with Crippen LogP contribution in [0.5, 0.6) is 0 Å². The summed E-state index contributed by atoms with van der Waals surface area (Å²) in [7, 11) is 0. The Morgan fingerprint density at radius 2 is 0.804 bits per heavy atom. The molecule has 0 unspecified atom stereocenters. The summed E-state index contributed by atoms with van der Waals surface area (Å²) >= 11 is 0. The molecule has 0 atom stereocenters. The molecule has 2 aromatic heterocycles. The minimum Gasteiger partial charge on any atom is -0.309 e. The third-order valence-corrected chi connectivity index (χ3v) is 9.73. The van der Waals surface area contributed by atoms with Crippen LogP contribution in [-0.2, 0) is 0 Å². The second-order valence-electron chi connectivity index (χ2n) is 13.0. The summed E-state index contributed by atoms with van der Waals surface area (Å²) in [6.45, 7) is 4.38. The van der Waals surface area contributed by atoms with E-state index in [-0.39, 0.29) is 0 Å². The molecule has 0 spiro atoms. The lowest BCUT2D eigenvalue weighted by Gasteiger charge is -2.12. The normalized spacial score (nSPS) is 11.3. The monoisotopic (exact) mass is 654 g/mol. The quantitative estimate of drug-likeness (QED) is 0.179. The second-order valence-corrected chi connectivity index (χ2v) is 13.0. The molecule has 242 valence electrons. The van der Waals surface area contributed by atoms with Crippen molar-refractivity contribution < 1.29 is 0 Å². The van der Waals surface area contributed by atoms with E-state index in [9.17, 15) is 0 Å². The fourth-order valence-electron chi connectivity index (χ4n) is 7.16. The van der Waals surface area contributed by atoms with Gasteiger partial charge in [0.05, 0.1) is 11.0 Å². The Kier molecular flexibility index (Phi) is 7.55. The highest BCUT2D eigenvalue weighted by Gasteiger charge is 2.17. The zero-order valence-electron chi connectivity index (χ0n) is 28.5. The first-order chi connectivity index (χ1) is 25.1. The third kappa shape index (κ3) is 5.57. The molecule has 0 aliphatic heterocycles. The summed E-state index contributed by atoms with van der Waals surface area (Å²) in [5.41, 5.74) is 13.7. The molecule has 9 aromatic rings. The fraction of sp³-hybridized carbons (Fsp3) is 0.0426. The molecule has 0 fully saturated rings. The SMILES string of the molecule is Cc1ccccc1-c1ccc(-c2ccc3c(c2)c2cc(-c4nc(-c5ccccc5)nc(-c5ccccc5)n4)ccc2n3-c2ccccc2)cc1C. The van der Waals surface area contributed by atoms with Crippen LogP contribution in [0.1, 0.15) is 11.1 Å². The van der Waals surface area contributed by atoms with Gasteiger partial charge in [-0.1, -0.05) is 127 Å². The Balaban J connectivity index is 1.23. The van der Waals surface area contributed by atoms with Gasteiger partial charge in [-0.2, -0.15) is 0 Å². The molecule has 0 N–H and O–H groups in total. The van der Waals surface area contributed by atoms with Crippen LogP contribution in [0, 0.1) is 13.8 Å². The largest absolute Gasteiger partial charge is 0.309 e. The molecule has 7 aromatic carbocycles. The summed E-state index contributed by atoms with van der Waals surface area (Å²) in [6.07, 6.45) is 0. The van der Waals surface area contributed by atoms with Gasteiger partial charge in [0, 0.05) is 33.2 Å². The van der Waals surface area contributed by atoms with Crippen LogP contribution in [0.15, 0.2) is 170 Å². The first-order valence-electron chi connectivity index (χ1n) is 17.3. The number of aromatic nitrogens is 4. The van der Waals surface area contributed by atoms with E-state index in [4.69, 9.17) is 15.0 Å². The van der Waals surface area contributed by atoms with Crippen LogP contribution in [0.3, 0.4) is 0 Å². The molecule has 2 heterocycles. The Labute approximate surface area is 297 Å². The molecule has 0 bridgehead atoms. The highest BCUT2D eigenvalue weighted by Crippen LogP contribution is 2.38. The average molecular weight is 655 g/mol. The molecule has 0 aliphatic carbocycles. The van der Waals surface area contributed by atoms with Crippen LogP contribution in [0.25, 0.3) is 83.9 Å². The Bertz CT molecular complexity index is 2640. The zero-order valence-corrected chi connectivity index (χ0v) is 28.5. The first-order valence-corrected chi connectivity index (χ1v) is 17.3. The molecule has 0 amide bonds. The van der Waals surface area contributed by atoms with Gasteiger partial charge in [0.2, 0.25) is 0 Å². The molecule has 0 saturated carbocycles. The molecule has 4 nitrogen and oxygen atoms in total. The third-order valence-electron chi connectivity index (χ3n) is 9.73. The maximum atomic E-state index is 5.04. The summed E-state index contributed by atoms with van der Waals surface area (Å²) < 4.78 is 2.35. The highest BCUT2D eigenvalue weighted by molar-refractivity contribution is 6.11. The van der Waals surface area contributed by atoms with Crippen LogP contribution in [-0.4, -0.2) is 19.5 Å². The van der Waals surface area contributed by atoms with E-state index in [1.807, 2.05) is 60.7 Å². The van der Waals surface area contributed by atoms with E-state index in [1.165, 1.54) is 38.8 Å². The molecule has 0 saturated heterocycles. The maximum Gasteiger partial charge on any atom is 0.164 e. The Morgan fingerprint density at radius 1 is 0.353 bits per heavy atom. The number of fused-ring (bicyclic) bond motifs is 3. The predicted octanol–water partition coefficient (Wildman–Crippen LogP) is 11.9. The number of hydrogen-bond acceptors (Lipinski definition) is 3. The van der Waals surface area contributed by atoms with E-state index in [0.29, 0.717) is 17.5 Å². The highest BCUT2D eigenvalue weighted by atomic mass is 15.0. The van der Waals surface area contributed by atoms with Gasteiger partial charge in [0.15, 0.2) is 17.5 Å². The number of aryl methyl sites for hydroxylation is 2. The van der Waals surface area contributed by atoms with Crippen molar-refractivity contribution in [3.63, 3.8) is 0 Å². The fourth-order valence-corrected chi connectivity index (χ4v) is 7.16. The standard InChI is InChI=1S/C47H34N4/c1-31-14-12-13-21-39(31)40-25-22-35(28-32(40)2)36-23-26-43-41(29-36)42-30-37(24-27-44(42)51(43)38-19-10-5-11-20-38)47-49-45(33-15-6-3-7-16-33)48-46(50-47)34-17-8-4-9-18-34/h3-30H,1-2H3. The molecule has 9 rings (SSSR count). The van der Waals surface area contributed by atoms with Crippen molar-refractivity contribution >= 4 is 21.8 Å². The summed E-state index contributed by atoms with van der Waals surface area (Å²) in [5, 5.41) is 2.32. The summed E-state index contributed by atoms with van der Waals surface area (Å²) in [4.78, 5) is 15.0. The van der Waals surface area contributed by atoms with Crippen LogP contribution in [0.4, 0.5) is 0 Å². The van der Waals surface area contributed by atoms with Crippen molar-refractivity contribution in [3.8, 4) is 62.1 Å². The van der Waals surface area contributed by atoms with Gasteiger partial charge in [0.1, 0.15) is 0 Å². The van der Waals surface area contributed by atoms with Crippen molar-refractivity contribution in [3.05, 3.63) is 181 Å². The average Bonchev–Trinajstić information content (AvgIpc) is 3.52. The van der Waals surface area contributed by atoms with Crippen LogP contribution in [0.2, 0.25) is 0 Å². The van der Waals surface area contributed by atoms with Gasteiger partial charge in [-0.05, 0) is 89.7 Å². The van der Waals surface area contributed by atoms with Crippen molar-refractivity contribution in [1.82, 2.24) is 19.5 Å². The van der Waals surface area contributed by atoms with E-state index in [2.05, 4.69) is 128 Å². The lowest BCUT2D eigenvalue weighted by molar-refractivity contribution is 1.07. The van der Waals surface area contributed by atoms with Gasteiger partial charge < -0.3 is 4.57 Å². The van der Waals surface area contributed by atoms with Gasteiger partial charge in [-0.25, -0.2) is 15.0 Å². The van der Waals surface area contributed by atoms with Crippen molar-refractivity contribution in [1.29, 1.82) is 0 Å². The van der Waals surface area contributed by atoms with E-state index < -0.39 is 0 Å². The number of para-hydroxylation sites is 1. The molecular weight excluding hydrogens is 621 g/mol. The van der Waals surface area contributed by atoms with E-state index in [1.54, 1.807) is 0 Å². The summed E-state index contributed by atoms with van der Waals surface area (Å²) in [6, 6.07) is 59.7. The Morgan fingerprint density at radius 3 is 1.39 bits per heavy atom. The lowest BCUT2D eigenvalue weighted by atomic mass is 9.93. The van der Waals surface area contributed by atoms with Gasteiger partial charge in [0.25, 0.3) is 0 Å². The number of hydrogen-bond donors (Lipinski definition) is 0. The van der Waals surface area contributed by atoms with Gasteiger partial charge in [-0.15, -0.1) is 0 Å². The topological polar surface area (TPSA) is 43.6 Å². The molecule has 0 radical (unpaired) electrons. The number of nitrogens with zero attached hydrogens (tertiary/aromatic N) is 4. The van der Waals surface area contributed by atoms with E-state index >= 15 is 0 Å². The zero-order chi connectivity index (χ0) is 34.3. The summed E-state index contributed by atoms with van der Waals surface area (Å²) in [5.74, 6) is 1.94. The second kappa shape index (κ2) is 12.7. The predicted molar refractivity (Wildman–Crippen MR) is 211 cm³/mol. The number of benzene rings is 7. The van der Waals surface area contributed by atoms with Gasteiger partial charge >= 0.3 is 0 Å².